The molecule has 0 atom stereocenters. The average Bonchev–Trinajstić information content (AvgIpc) is 3.96. The monoisotopic (exact) mass is 579 g/mol. The summed E-state index contributed by atoms with van der Waals surface area (Å²) in [5, 5.41) is 4.08. The number of allylic oxidation sites excluding steroid dienone is 4. The van der Waals surface area contributed by atoms with Crippen LogP contribution in [0.2, 0.25) is 0 Å². The van der Waals surface area contributed by atoms with Gasteiger partial charge in [0.2, 0.25) is 0 Å². The zero-order valence-corrected chi connectivity index (χ0v) is 33.3. The van der Waals surface area contributed by atoms with E-state index in [1.807, 2.05) is 201 Å². The number of furan rings is 1. The second kappa shape index (κ2) is 253. The molecule has 0 radical (unpaired) electrons. The van der Waals surface area contributed by atoms with Gasteiger partial charge in [0.05, 0.1) is 12.5 Å². The lowest BCUT2D eigenvalue weighted by Gasteiger charge is -1.57. The van der Waals surface area contributed by atoms with Crippen molar-refractivity contribution in [2.75, 3.05) is 0 Å². The molecule has 0 saturated carbocycles. The maximum Gasteiger partial charge on any atom is 0.0902 e. The molecule has 246 valence electrons. The lowest BCUT2D eigenvalue weighted by atomic mass is 10.5. The zero-order chi connectivity index (χ0) is 34.6. The highest BCUT2D eigenvalue weighted by Gasteiger charge is 1.72. The first kappa shape index (κ1) is 76.8. The normalized spacial score (nSPS) is 6.15. The van der Waals surface area contributed by atoms with Crippen LogP contribution in [0.5, 0.6) is 0 Å². The van der Waals surface area contributed by atoms with Crippen molar-refractivity contribution in [3.05, 3.63) is 71.9 Å². The Morgan fingerprint density at radius 1 is 0.359 bits per heavy atom. The molecule has 2 aromatic heterocycles. The van der Waals surface area contributed by atoms with Crippen LogP contribution < -0.4 is 0 Å². The van der Waals surface area contributed by atoms with Crippen molar-refractivity contribution < 1.29 is 4.42 Å². The molecule has 39 heavy (non-hydrogen) atoms. The van der Waals surface area contributed by atoms with Crippen LogP contribution in [0, 0.1) is 0 Å². The topological polar surface area (TPSA) is 13.1 Å². The molecule has 0 unspecified atom stereocenters. The first-order chi connectivity index (χ1) is 19.5. The summed E-state index contributed by atoms with van der Waals surface area (Å²) in [7, 11) is 0. The van der Waals surface area contributed by atoms with Crippen molar-refractivity contribution >= 4 is 11.3 Å². The molecule has 1 aliphatic rings. The minimum absolute atomic E-state index is 1.14. The fraction of sp³-hybridized carbons (Fsp3) is 0.676. The third kappa shape index (κ3) is 239. The Kier molecular flexibility index (Phi) is 498. The Balaban J connectivity index is -0.0000000207. The summed E-state index contributed by atoms with van der Waals surface area (Å²) in [6, 6.07) is 7.70. The fourth-order valence-corrected chi connectivity index (χ4v) is 1.30. The molecule has 0 N–H and O–H groups in total. The minimum Gasteiger partial charge on any atom is -0.473 e. The SMILES string of the molecule is C1=CCC=C1.CC.CC.CC.CC.CC.CC.CC.CC.CC.CC.CC.CC.c1ccoc1.c1ccsc1. The van der Waals surface area contributed by atoms with Gasteiger partial charge in [-0.2, -0.15) is 11.3 Å². The standard InChI is InChI=1S/C5H6.C4H4O.C4H4S.12C2H6/c3*1-2-4-5-3-1;12*1-2/h1-4H,5H2;2*1-4H;12*1-2H3. The van der Waals surface area contributed by atoms with Crippen molar-refractivity contribution in [2.24, 2.45) is 0 Å². The molecule has 0 spiro atoms. The predicted octanol–water partition coefficient (Wildman–Crippen LogP) is 16.8. The third-order valence-electron chi connectivity index (χ3n) is 1.51. The van der Waals surface area contributed by atoms with Gasteiger partial charge in [0.1, 0.15) is 0 Å². The van der Waals surface area contributed by atoms with E-state index in [2.05, 4.69) is 28.7 Å². The molecule has 0 bridgehead atoms. The molecule has 0 saturated heterocycles. The van der Waals surface area contributed by atoms with Crippen molar-refractivity contribution in [3.8, 4) is 0 Å². The molecule has 2 heterocycles. The molecule has 2 aromatic rings. The maximum atomic E-state index is 4.58. The van der Waals surface area contributed by atoms with Gasteiger partial charge in [-0.05, 0) is 29.3 Å². The summed E-state index contributed by atoms with van der Waals surface area (Å²) >= 11 is 1.71. The fourth-order valence-electron chi connectivity index (χ4n) is 0.846. The van der Waals surface area contributed by atoms with E-state index in [0.29, 0.717) is 0 Å². The van der Waals surface area contributed by atoms with Crippen LogP contribution >= 0.6 is 11.3 Å². The summed E-state index contributed by atoms with van der Waals surface area (Å²) in [4.78, 5) is 0. The first-order valence-corrected chi connectivity index (χ1v) is 17.7. The molecule has 0 aromatic carbocycles. The van der Waals surface area contributed by atoms with Gasteiger partial charge >= 0.3 is 0 Å². The molecule has 2 heteroatoms. The first-order valence-electron chi connectivity index (χ1n) is 16.8. The smallest absolute Gasteiger partial charge is 0.0902 e. The van der Waals surface area contributed by atoms with E-state index in [1.54, 1.807) is 23.9 Å². The van der Waals surface area contributed by atoms with E-state index >= 15 is 0 Å². The van der Waals surface area contributed by atoms with Crippen LogP contribution in [-0.4, -0.2) is 0 Å². The highest BCUT2D eigenvalue weighted by atomic mass is 32.1. The Morgan fingerprint density at radius 2 is 0.590 bits per heavy atom. The summed E-state index contributed by atoms with van der Waals surface area (Å²) in [6.07, 6.45) is 12.8. The van der Waals surface area contributed by atoms with Gasteiger partial charge < -0.3 is 4.42 Å². The summed E-state index contributed by atoms with van der Waals surface area (Å²) in [5.41, 5.74) is 0. The van der Waals surface area contributed by atoms with E-state index in [4.69, 9.17) is 0 Å². The molecule has 0 fully saturated rings. The van der Waals surface area contributed by atoms with Gasteiger partial charge in [-0.25, -0.2) is 0 Å². The lowest BCUT2D eigenvalue weighted by molar-refractivity contribution is 0.567. The van der Waals surface area contributed by atoms with E-state index in [1.165, 1.54) is 0 Å². The van der Waals surface area contributed by atoms with Gasteiger partial charge in [-0.15, -0.1) is 0 Å². The van der Waals surface area contributed by atoms with E-state index in [0.717, 1.165) is 6.42 Å². The number of thiophene rings is 1. The van der Waals surface area contributed by atoms with Gasteiger partial charge in [0.15, 0.2) is 0 Å². The molecular formula is C37H86OS. The second-order valence-corrected chi connectivity index (χ2v) is 3.49. The highest BCUT2D eigenvalue weighted by Crippen LogP contribution is 1.93. The summed E-state index contributed by atoms with van der Waals surface area (Å²) in [5.74, 6) is 0. The lowest BCUT2D eigenvalue weighted by Crippen LogP contribution is -1.37. The second-order valence-electron chi connectivity index (χ2n) is 2.68. The summed E-state index contributed by atoms with van der Waals surface area (Å²) < 4.78 is 4.58. The zero-order valence-electron chi connectivity index (χ0n) is 32.5. The van der Waals surface area contributed by atoms with Crippen LogP contribution in [0.15, 0.2) is 76.3 Å². The van der Waals surface area contributed by atoms with Crippen LogP contribution in [0.3, 0.4) is 0 Å². The van der Waals surface area contributed by atoms with Gasteiger partial charge in [0.25, 0.3) is 0 Å². The molecule has 1 nitrogen and oxygen atoms in total. The largest absolute Gasteiger partial charge is 0.473 e. The minimum atomic E-state index is 1.14. The van der Waals surface area contributed by atoms with Crippen molar-refractivity contribution in [1.29, 1.82) is 0 Å². The van der Waals surface area contributed by atoms with E-state index in [9.17, 15) is 0 Å². The molecular weight excluding hydrogens is 492 g/mol. The molecule has 0 amide bonds. The Bertz CT molecular complexity index is 276. The van der Waals surface area contributed by atoms with E-state index < -0.39 is 0 Å². The Morgan fingerprint density at radius 3 is 0.667 bits per heavy atom. The molecule has 0 aliphatic heterocycles. The predicted molar refractivity (Wildman–Crippen MR) is 202 cm³/mol. The van der Waals surface area contributed by atoms with Crippen molar-refractivity contribution in [1.82, 2.24) is 0 Å². The van der Waals surface area contributed by atoms with E-state index in [-0.39, 0.29) is 0 Å². The summed E-state index contributed by atoms with van der Waals surface area (Å²) in [6.45, 7) is 48.0. The maximum absolute atomic E-state index is 4.58. The Labute approximate surface area is 259 Å². The Hall–Kier alpha value is -1.54. The van der Waals surface area contributed by atoms with Crippen LogP contribution in [0.1, 0.15) is 173 Å². The van der Waals surface area contributed by atoms with Gasteiger partial charge in [-0.1, -0.05) is 203 Å². The van der Waals surface area contributed by atoms with Crippen molar-refractivity contribution in [2.45, 2.75) is 173 Å². The number of hydrogen-bond donors (Lipinski definition) is 0. The van der Waals surface area contributed by atoms with Crippen LogP contribution in [0.25, 0.3) is 0 Å². The molecule has 3 rings (SSSR count). The quantitative estimate of drug-likeness (QED) is 0.303. The van der Waals surface area contributed by atoms with Crippen LogP contribution in [-0.2, 0) is 0 Å². The van der Waals surface area contributed by atoms with Gasteiger partial charge in [0, 0.05) is 0 Å². The van der Waals surface area contributed by atoms with Gasteiger partial charge in [-0.3, -0.25) is 0 Å². The third-order valence-corrected chi connectivity index (χ3v) is 2.13. The molecule has 1 aliphatic carbocycles. The van der Waals surface area contributed by atoms with Crippen molar-refractivity contribution in [3.63, 3.8) is 0 Å². The van der Waals surface area contributed by atoms with Crippen LogP contribution in [0.4, 0.5) is 0 Å². The average molecular weight is 579 g/mol. The number of rotatable bonds is 0. The highest BCUT2D eigenvalue weighted by molar-refractivity contribution is 7.07. The number of hydrogen-bond acceptors (Lipinski definition) is 2.